The molecule has 0 saturated heterocycles. The van der Waals surface area contributed by atoms with E-state index in [0.29, 0.717) is 6.61 Å². The van der Waals surface area contributed by atoms with Crippen LogP contribution in [0.5, 0.6) is 0 Å². The van der Waals surface area contributed by atoms with Gasteiger partial charge in [0.2, 0.25) is 0 Å². The van der Waals surface area contributed by atoms with Gasteiger partial charge in [-0.25, -0.2) is 0 Å². The summed E-state index contributed by atoms with van der Waals surface area (Å²) < 4.78 is 4.88. The van der Waals surface area contributed by atoms with Crippen molar-refractivity contribution in [3.8, 4) is 0 Å². The molecule has 1 rings (SSSR count). The van der Waals surface area contributed by atoms with Crippen LogP contribution in [0, 0.1) is 5.92 Å². The Labute approximate surface area is 102 Å². The van der Waals surface area contributed by atoms with Crippen molar-refractivity contribution >= 4 is 12.0 Å². The van der Waals surface area contributed by atoms with Crippen LogP contribution in [-0.2, 0) is 9.53 Å². The van der Waals surface area contributed by atoms with E-state index in [9.17, 15) is 4.79 Å². The predicted octanol–water partition coefficient (Wildman–Crippen LogP) is 2.23. The SMILES string of the molecule is CCOC(=O)C(N)C(C)/C=C/c1ccccc1. The molecule has 0 aromatic heterocycles. The summed E-state index contributed by atoms with van der Waals surface area (Å²) in [6.45, 7) is 4.04. The Hall–Kier alpha value is -1.61. The first kappa shape index (κ1) is 13.5. The Morgan fingerprint density at radius 1 is 1.41 bits per heavy atom. The van der Waals surface area contributed by atoms with E-state index in [-0.39, 0.29) is 11.9 Å². The van der Waals surface area contributed by atoms with E-state index in [0.717, 1.165) is 5.56 Å². The Morgan fingerprint density at radius 2 is 2.06 bits per heavy atom. The highest BCUT2D eigenvalue weighted by Crippen LogP contribution is 2.09. The lowest BCUT2D eigenvalue weighted by molar-refractivity contribution is -0.145. The van der Waals surface area contributed by atoms with Crippen LogP contribution in [-0.4, -0.2) is 18.6 Å². The molecule has 0 aliphatic carbocycles. The maximum Gasteiger partial charge on any atom is 0.323 e. The first-order valence-electron chi connectivity index (χ1n) is 5.80. The number of rotatable bonds is 5. The van der Waals surface area contributed by atoms with Crippen molar-refractivity contribution in [1.29, 1.82) is 0 Å². The molecule has 2 unspecified atom stereocenters. The molecule has 0 heterocycles. The smallest absolute Gasteiger partial charge is 0.323 e. The summed E-state index contributed by atoms with van der Waals surface area (Å²) in [5, 5.41) is 0. The molecular formula is C14H19NO2. The second kappa shape index (κ2) is 6.86. The topological polar surface area (TPSA) is 52.3 Å². The van der Waals surface area contributed by atoms with Gasteiger partial charge in [0, 0.05) is 5.92 Å². The van der Waals surface area contributed by atoms with Gasteiger partial charge in [0.05, 0.1) is 6.61 Å². The van der Waals surface area contributed by atoms with Crippen molar-refractivity contribution in [3.05, 3.63) is 42.0 Å². The third kappa shape index (κ3) is 4.41. The van der Waals surface area contributed by atoms with Gasteiger partial charge in [0.25, 0.3) is 0 Å². The highest BCUT2D eigenvalue weighted by Gasteiger charge is 2.19. The minimum absolute atomic E-state index is 0.0470. The summed E-state index contributed by atoms with van der Waals surface area (Å²) in [4.78, 5) is 11.4. The third-order valence-electron chi connectivity index (χ3n) is 2.52. The predicted molar refractivity (Wildman–Crippen MR) is 69.2 cm³/mol. The number of carbonyl (C=O) groups excluding carboxylic acids is 1. The fourth-order valence-corrected chi connectivity index (χ4v) is 1.40. The summed E-state index contributed by atoms with van der Waals surface area (Å²) >= 11 is 0. The van der Waals surface area contributed by atoms with Gasteiger partial charge in [-0.3, -0.25) is 4.79 Å². The highest BCUT2D eigenvalue weighted by atomic mass is 16.5. The van der Waals surface area contributed by atoms with Gasteiger partial charge in [-0.05, 0) is 12.5 Å². The number of carbonyl (C=O) groups is 1. The minimum atomic E-state index is -0.602. The number of ether oxygens (including phenoxy) is 1. The molecule has 0 aliphatic heterocycles. The number of hydrogen-bond donors (Lipinski definition) is 1. The molecule has 0 aliphatic rings. The minimum Gasteiger partial charge on any atom is -0.465 e. The Kier molecular flexibility index (Phi) is 5.43. The molecule has 2 atom stereocenters. The van der Waals surface area contributed by atoms with Gasteiger partial charge in [-0.2, -0.15) is 0 Å². The molecule has 0 spiro atoms. The molecule has 2 N–H and O–H groups in total. The fraction of sp³-hybridized carbons (Fsp3) is 0.357. The van der Waals surface area contributed by atoms with Crippen LogP contribution in [0.3, 0.4) is 0 Å². The van der Waals surface area contributed by atoms with E-state index in [1.165, 1.54) is 0 Å². The second-order valence-electron chi connectivity index (χ2n) is 3.91. The van der Waals surface area contributed by atoms with Crippen molar-refractivity contribution in [3.63, 3.8) is 0 Å². The van der Waals surface area contributed by atoms with Crippen LogP contribution in [0.25, 0.3) is 6.08 Å². The van der Waals surface area contributed by atoms with E-state index in [1.54, 1.807) is 6.92 Å². The molecule has 0 radical (unpaired) electrons. The van der Waals surface area contributed by atoms with Crippen molar-refractivity contribution in [2.75, 3.05) is 6.61 Å². The van der Waals surface area contributed by atoms with Crippen LogP contribution in [0.15, 0.2) is 36.4 Å². The molecule has 0 fully saturated rings. The lowest BCUT2D eigenvalue weighted by Crippen LogP contribution is -2.37. The summed E-state index contributed by atoms with van der Waals surface area (Å²) in [6, 6.07) is 9.30. The third-order valence-corrected chi connectivity index (χ3v) is 2.52. The normalized spacial score (nSPS) is 14.5. The van der Waals surface area contributed by atoms with Gasteiger partial charge in [-0.15, -0.1) is 0 Å². The summed E-state index contributed by atoms with van der Waals surface area (Å²) in [7, 11) is 0. The molecule has 0 saturated carbocycles. The van der Waals surface area contributed by atoms with Crippen molar-refractivity contribution in [2.45, 2.75) is 19.9 Å². The van der Waals surface area contributed by atoms with Crippen LogP contribution in [0.1, 0.15) is 19.4 Å². The summed E-state index contributed by atoms with van der Waals surface area (Å²) in [5.74, 6) is -0.396. The van der Waals surface area contributed by atoms with E-state index in [1.807, 2.05) is 49.4 Å². The summed E-state index contributed by atoms with van der Waals surface area (Å²) in [6.07, 6.45) is 3.89. The van der Waals surface area contributed by atoms with E-state index < -0.39 is 6.04 Å². The number of esters is 1. The van der Waals surface area contributed by atoms with Gasteiger partial charge in [0.15, 0.2) is 0 Å². The maximum atomic E-state index is 11.4. The van der Waals surface area contributed by atoms with Crippen LogP contribution >= 0.6 is 0 Å². The number of benzene rings is 1. The van der Waals surface area contributed by atoms with Crippen molar-refractivity contribution in [1.82, 2.24) is 0 Å². The molecule has 0 amide bonds. The largest absolute Gasteiger partial charge is 0.465 e. The highest BCUT2D eigenvalue weighted by molar-refractivity contribution is 5.76. The number of nitrogens with two attached hydrogens (primary N) is 1. The van der Waals surface area contributed by atoms with Gasteiger partial charge in [-0.1, -0.05) is 49.4 Å². The summed E-state index contributed by atoms with van der Waals surface area (Å²) in [5.41, 5.74) is 6.88. The van der Waals surface area contributed by atoms with Crippen LogP contribution in [0.4, 0.5) is 0 Å². The zero-order valence-electron chi connectivity index (χ0n) is 10.3. The zero-order chi connectivity index (χ0) is 12.7. The van der Waals surface area contributed by atoms with Crippen molar-refractivity contribution < 1.29 is 9.53 Å². The van der Waals surface area contributed by atoms with Gasteiger partial charge < -0.3 is 10.5 Å². The van der Waals surface area contributed by atoms with E-state index >= 15 is 0 Å². The molecule has 1 aromatic carbocycles. The standard InChI is InChI=1S/C14H19NO2/c1-3-17-14(16)13(15)11(2)9-10-12-7-5-4-6-8-12/h4-11,13H,3,15H2,1-2H3/b10-9+. The lowest BCUT2D eigenvalue weighted by Gasteiger charge is -2.14. The Bertz CT molecular complexity index is 373. The number of hydrogen-bond acceptors (Lipinski definition) is 3. The molecular weight excluding hydrogens is 214 g/mol. The van der Waals surface area contributed by atoms with Crippen LogP contribution in [0.2, 0.25) is 0 Å². The molecule has 17 heavy (non-hydrogen) atoms. The molecule has 92 valence electrons. The molecule has 1 aromatic rings. The fourth-order valence-electron chi connectivity index (χ4n) is 1.40. The maximum absolute atomic E-state index is 11.4. The first-order chi connectivity index (χ1) is 8.15. The van der Waals surface area contributed by atoms with Gasteiger partial charge in [0.1, 0.15) is 6.04 Å². The first-order valence-corrected chi connectivity index (χ1v) is 5.80. The van der Waals surface area contributed by atoms with Crippen LogP contribution < -0.4 is 5.73 Å². The van der Waals surface area contributed by atoms with Crippen molar-refractivity contribution in [2.24, 2.45) is 11.7 Å². The quantitative estimate of drug-likeness (QED) is 0.793. The molecule has 0 bridgehead atoms. The second-order valence-corrected chi connectivity index (χ2v) is 3.91. The molecule has 3 heteroatoms. The average molecular weight is 233 g/mol. The zero-order valence-corrected chi connectivity index (χ0v) is 10.3. The van der Waals surface area contributed by atoms with Gasteiger partial charge >= 0.3 is 5.97 Å². The Morgan fingerprint density at radius 3 is 2.65 bits per heavy atom. The van der Waals surface area contributed by atoms with E-state index in [4.69, 9.17) is 10.5 Å². The monoisotopic (exact) mass is 233 g/mol. The molecule has 3 nitrogen and oxygen atoms in total. The van der Waals surface area contributed by atoms with E-state index in [2.05, 4.69) is 0 Å². The lowest BCUT2D eigenvalue weighted by atomic mass is 10.0. The Balaban J connectivity index is 2.57. The average Bonchev–Trinajstić information content (AvgIpc) is 2.36.